The summed E-state index contributed by atoms with van der Waals surface area (Å²) >= 11 is 0. The predicted molar refractivity (Wildman–Crippen MR) is 101 cm³/mol. The first kappa shape index (κ1) is 18.8. The van der Waals surface area contributed by atoms with Crippen molar-refractivity contribution < 1.29 is 19.1 Å². The minimum Gasteiger partial charge on any atom is -0.454 e. The van der Waals surface area contributed by atoms with Gasteiger partial charge in [-0.25, -0.2) is 0 Å². The van der Waals surface area contributed by atoms with Crippen LogP contribution in [0.3, 0.4) is 0 Å². The average molecular weight is 368 g/mol. The zero-order chi connectivity index (χ0) is 19.4. The summed E-state index contributed by atoms with van der Waals surface area (Å²) in [5, 5.41) is 5.66. The summed E-state index contributed by atoms with van der Waals surface area (Å²) in [5.74, 6) is 0.713. The van der Waals surface area contributed by atoms with Crippen LogP contribution in [-0.2, 0) is 22.7 Å². The van der Waals surface area contributed by atoms with Gasteiger partial charge >= 0.3 is 0 Å². The molecule has 1 aliphatic rings. The molecule has 3 rings (SSSR count). The molecule has 2 aromatic carbocycles. The first-order valence-corrected chi connectivity index (χ1v) is 8.87. The molecule has 0 aromatic heterocycles. The molecule has 142 valence electrons. The summed E-state index contributed by atoms with van der Waals surface area (Å²) in [4.78, 5) is 25.0. The normalized spacial score (nSPS) is 12.6. The van der Waals surface area contributed by atoms with E-state index in [4.69, 9.17) is 9.47 Å². The number of hydrogen-bond donors (Lipinski definition) is 2. The van der Waals surface area contributed by atoms with Crippen LogP contribution in [0.4, 0.5) is 0 Å². The maximum absolute atomic E-state index is 12.5. The second-order valence-electron chi connectivity index (χ2n) is 7.16. The number of benzene rings is 2. The lowest BCUT2D eigenvalue weighted by molar-refractivity contribution is -0.141. The predicted octanol–water partition coefficient (Wildman–Crippen LogP) is 2.68. The van der Waals surface area contributed by atoms with Gasteiger partial charge in [0.05, 0.1) is 0 Å². The quantitative estimate of drug-likeness (QED) is 0.769. The van der Waals surface area contributed by atoms with Crippen LogP contribution < -0.4 is 20.1 Å². The number of nitrogens with one attached hydrogen (secondary N) is 2. The molecular weight excluding hydrogens is 344 g/mol. The number of fused-ring (bicyclic) bond motifs is 1. The highest BCUT2D eigenvalue weighted by atomic mass is 16.7. The lowest BCUT2D eigenvalue weighted by atomic mass is 9.91. The Morgan fingerprint density at radius 1 is 0.889 bits per heavy atom. The average Bonchev–Trinajstić information content (AvgIpc) is 3.13. The molecule has 0 saturated carbocycles. The standard InChI is InChI=1S/C21H24N2O4/c1-14-4-6-15(7-5-14)11-22-19(24)21(2,3)20(25)23-12-16-8-9-17-18(10-16)27-13-26-17/h4-10H,11-13H2,1-3H3,(H,22,24)(H,23,25). The number of carbonyl (C=O) groups excluding carboxylic acids is 2. The zero-order valence-electron chi connectivity index (χ0n) is 15.8. The third-order valence-corrected chi connectivity index (χ3v) is 4.60. The molecule has 2 N–H and O–H groups in total. The summed E-state index contributed by atoms with van der Waals surface area (Å²) in [6.45, 7) is 6.15. The molecule has 0 spiro atoms. The number of ether oxygens (including phenoxy) is 2. The topological polar surface area (TPSA) is 76.7 Å². The summed E-state index contributed by atoms with van der Waals surface area (Å²) in [5.41, 5.74) is 1.85. The highest BCUT2D eigenvalue weighted by Gasteiger charge is 2.35. The van der Waals surface area contributed by atoms with Crippen LogP contribution in [0.1, 0.15) is 30.5 Å². The van der Waals surface area contributed by atoms with Gasteiger partial charge in [-0.05, 0) is 44.0 Å². The molecule has 1 heterocycles. The van der Waals surface area contributed by atoms with E-state index in [-0.39, 0.29) is 18.6 Å². The molecule has 0 radical (unpaired) electrons. The minimum absolute atomic E-state index is 0.208. The van der Waals surface area contributed by atoms with Crippen molar-refractivity contribution in [2.45, 2.75) is 33.9 Å². The summed E-state index contributed by atoms with van der Waals surface area (Å²) in [6.07, 6.45) is 0. The van der Waals surface area contributed by atoms with E-state index < -0.39 is 5.41 Å². The Bertz CT molecular complexity index is 844. The number of carbonyl (C=O) groups is 2. The zero-order valence-corrected chi connectivity index (χ0v) is 15.8. The van der Waals surface area contributed by atoms with E-state index in [2.05, 4.69) is 10.6 Å². The van der Waals surface area contributed by atoms with Crippen molar-refractivity contribution in [1.29, 1.82) is 0 Å². The summed E-state index contributed by atoms with van der Waals surface area (Å²) in [7, 11) is 0. The Labute approximate surface area is 158 Å². The molecule has 6 nitrogen and oxygen atoms in total. The van der Waals surface area contributed by atoms with Crippen molar-refractivity contribution in [2.24, 2.45) is 5.41 Å². The van der Waals surface area contributed by atoms with Gasteiger partial charge in [-0.3, -0.25) is 9.59 Å². The monoisotopic (exact) mass is 368 g/mol. The van der Waals surface area contributed by atoms with E-state index in [9.17, 15) is 9.59 Å². The van der Waals surface area contributed by atoms with Gasteiger partial charge in [-0.1, -0.05) is 35.9 Å². The number of hydrogen-bond acceptors (Lipinski definition) is 4. The van der Waals surface area contributed by atoms with E-state index in [0.717, 1.165) is 16.7 Å². The molecule has 1 aliphatic heterocycles. The van der Waals surface area contributed by atoms with Gasteiger partial charge in [-0.15, -0.1) is 0 Å². The van der Waals surface area contributed by atoms with Crippen molar-refractivity contribution in [3.8, 4) is 11.5 Å². The van der Waals surface area contributed by atoms with Crippen molar-refractivity contribution >= 4 is 11.8 Å². The Morgan fingerprint density at radius 2 is 1.44 bits per heavy atom. The maximum Gasteiger partial charge on any atom is 0.235 e. The van der Waals surface area contributed by atoms with Crippen LogP contribution in [0.15, 0.2) is 42.5 Å². The first-order chi connectivity index (χ1) is 12.9. The van der Waals surface area contributed by atoms with Crippen LogP contribution in [-0.4, -0.2) is 18.6 Å². The second-order valence-corrected chi connectivity index (χ2v) is 7.16. The van der Waals surface area contributed by atoms with Crippen LogP contribution in [0.25, 0.3) is 0 Å². The van der Waals surface area contributed by atoms with E-state index in [1.165, 1.54) is 0 Å². The van der Waals surface area contributed by atoms with Gasteiger partial charge in [0.15, 0.2) is 11.5 Å². The minimum atomic E-state index is -1.18. The SMILES string of the molecule is Cc1ccc(CNC(=O)C(C)(C)C(=O)NCc2ccc3c(c2)OCO3)cc1. The fraction of sp³-hybridized carbons (Fsp3) is 0.333. The van der Waals surface area contributed by atoms with E-state index >= 15 is 0 Å². The highest BCUT2D eigenvalue weighted by Crippen LogP contribution is 2.32. The van der Waals surface area contributed by atoms with E-state index in [0.29, 0.717) is 24.6 Å². The van der Waals surface area contributed by atoms with Crippen molar-refractivity contribution in [3.63, 3.8) is 0 Å². The number of rotatable bonds is 6. The molecule has 0 saturated heterocycles. The summed E-state index contributed by atoms with van der Waals surface area (Å²) in [6, 6.07) is 13.4. The largest absolute Gasteiger partial charge is 0.454 e. The molecule has 0 bridgehead atoms. The van der Waals surface area contributed by atoms with E-state index in [1.54, 1.807) is 13.8 Å². The molecular formula is C21H24N2O4. The van der Waals surface area contributed by atoms with Crippen LogP contribution in [0.5, 0.6) is 11.5 Å². The second kappa shape index (κ2) is 7.70. The highest BCUT2D eigenvalue weighted by molar-refractivity contribution is 6.04. The maximum atomic E-state index is 12.5. The van der Waals surface area contributed by atoms with Crippen LogP contribution >= 0.6 is 0 Å². The lowest BCUT2D eigenvalue weighted by Crippen LogP contribution is -2.47. The van der Waals surface area contributed by atoms with Crippen LogP contribution in [0, 0.1) is 12.3 Å². The van der Waals surface area contributed by atoms with E-state index in [1.807, 2.05) is 49.4 Å². The molecule has 0 atom stereocenters. The Balaban J connectivity index is 1.54. The molecule has 6 heteroatoms. The molecule has 2 aromatic rings. The molecule has 0 aliphatic carbocycles. The van der Waals surface area contributed by atoms with Gasteiger partial charge in [0.25, 0.3) is 0 Å². The Kier molecular flexibility index (Phi) is 5.35. The molecule has 27 heavy (non-hydrogen) atoms. The third kappa shape index (κ3) is 4.39. The Hall–Kier alpha value is -3.02. The molecule has 0 fully saturated rings. The van der Waals surface area contributed by atoms with Gasteiger partial charge < -0.3 is 20.1 Å². The Morgan fingerprint density at radius 3 is 2.11 bits per heavy atom. The number of amides is 2. The lowest BCUT2D eigenvalue weighted by Gasteiger charge is -2.23. The number of aryl methyl sites for hydroxylation is 1. The van der Waals surface area contributed by atoms with Gasteiger partial charge in [0.2, 0.25) is 18.6 Å². The van der Waals surface area contributed by atoms with Gasteiger partial charge in [0.1, 0.15) is 5.41 Å². The summed E-state index contributed by atoms with van der Waals surface area (Å²) < 4.78 is 10.6. The van der Waals surface area contributed by atoms with Crippen molar-refractivity contribution in [3.05, 3.63) is 59.2 Å². The molecule has 2 amide bonds. The first-order valence-electron chi connectivity index (χ1n) is 8.87. The smallest absolute Gasteiger partial charge is 0.235 e. The van der Waals surface area contributed by atoms with Gasteiger partial charge in [-0.2, -0.15) is 0 Å². The third-order valence-electron chi connectivity index (χ3n) is 4.60. The van der Waals surface area contributed by atoms with Gasteiger partial charge in [0, 0.05) is 13.1 Å². The van der Waals surface area contributed by atoms with Crippen molar-refractivity contribution in [2.75, 3.05) is 6.79 Å². The molecule has 0 unspecified atom stereocenters. The fourth-order valence-corrected chi connectivity index (χ4v) is 2.67. The van der Waals surface area contributed by atoms with Crippen molar-refractivity contribution in [1.82, 2.24) is 10.6 Å². The van der Waals surface area contributed by atoms with Crippen LogP contribution in [0.2, 0.25) is 0 Å². The fourth-order valence-electron chi connectivity index (χ4n) is 2.67.